The molecule has 0 atom stereocenters. The normalized spacial score (nSPS) is 15.7. The number of amides is 1. The Bertz CT molecular complexity index is 910. The van der Waals surface area contributed by atoms with Crippen LogP contribution in [0.3, 0.4) is 0 Å². The van der Waals surface area contributed by atoms with Crippen LogP contribution in [0.15, 0.2) is 41.3 Å². The van der Waals surface area contributed by atoms with Crippen molar-refractivity contribution < 1.29 is 14.3 Å². The number of carbonyl (C=O) groups is 1. The highest BCUT2D eigenvalue weighted by Gasteiger charge is 2.34. The molecule has 1 amide bonds. The molecule has 0 unspecified atom stereocenters. The Hall–Kier alpha value is -1.73. The zero-order valence-electron chi connectivity index (χ0n) is 13.8. The molecule has 0 aromatic heterocycles. The third-order valence-electron chi connectivity index (χ3n) is 3.62. The molecule has 8 heteroatoms. The van der Waals surface area contributed by atoms with Crippen LogP contribution >= 0.6 is 47.2 Å². The Kier molecular flexibility index (Phi) is 5.77. The summed E-state index contributed by atoms with van der Waals surface area (Å²) in [5.41, 5.74) is 1.25. The average molecular weight is 426 g/mol. The molecule has 1 heterocycles. The van der Waals surface area contributed by atoms with E-state index >= 15 is 0 Å². The molecule has 1 saturated heterocycles. The van der Waals surface area contributed by atoms with E-state index in [9.17, 15) is 4.79 Å². The molecular formula is C18H13Cl2NO3S2. The van der Waals surface area contributed by atoms with Crippen LogP contribution in [0, 0.1) is 0 Å². The van der Waals surface area contributed by atoms with E-state index in [1.165, 1.54) is 16.7 Å². The quantitative estimate of drug-likeness (QED) is 0.483. The topological polar surface area (TPSA) is 38.8 Å². The number of thiocarbonyl (C=S) groups is 1. The standard InChI is InChI=1S/C18H13Cl2NO3S2/c1-23-14-5-3-4-10(16(14)24-2)6-15-17(22)21(18(25)26-15)13-8-11(19)7-12(20)9-13/h3-9H,1-2H3/b15-6-. The van der Waals surface area contributed by atoms with E-state index < -0.39 is 0 Å². The number of hydrogen-bond donors (Lipinski definition) is 0. The van der Waals surface area contributed by atoms with Gasteiger partial charge in [-0.15, -0.1) is 0 Å². The largest absolute Gasteiger partial charge is 0.493 e. The minimum atomic E-state index is -0.247. The predicted octanol–water partition coefficient (Wildman–Crippen LogP) is 5.42. The van der Waals surface area contributed by atoms with Crippen molar-refractivity contribution in [1.82, 2.24) is 0 Å². The summed E-state index contributed by atoms with van der Waals surface area (Å²) in [6, 6.07) is 10.3. The first-order valence-corrected chi connectivity index (χ1v) is 9.37. The summed E-state index contributed by atoms with van der Waals surface area (Å²) >= 11 is 18.7. The zero-order chi connectivity index (χ0) is 18.8. The monoisotopic (exact) mass is 425 g/mol. The first kappa shape index (κ1) is 19.0. The number of benzene rings is 2. The molecule has 1 aliphatic rings. The maximum absolute atomic E-state index is 12.9. The molecular weight excluding hydrogens is 413 g/mol. The van der Waals surface area contributed by atoms with Gasteiger partial charge in [-0.1, -0.05) is 59.3 Å². The van der Waals surface area contributed by atoms with Crippen LogP contribution in [0.1, 0.15) is 5.56 Å². The van der Waals surface area contributed by atoms with E-state index in [0.717, 1.165) is 5.56 Å². The zero-order valence-corrected chi connectivity index (χ0v) is 16.9. The van der Waals surface area contributed by atoms with Gasteiger partial charge in [0.1, 0.15) is 0 Å². The average Bonchev–Trinajstić information content (AvgIpc) is 2.87. The third-order valence-corrected chi connectivity index (χ3v) is 5.36. The van der Waals surface area contributed by atoms with Gasteiger partial charge >= 0.3 is 0 Å². The molecule has 2 aromatic rings. The van der Waals surface area contributed by atoms with Crippen molar-refractivity contribution in [2.45, 2.75) is 0 Å². The summed E-state index contributed by atoms with van der Waals surface area (Å²) in [6.07, 6.45) is 1.73. The van der Waals surface area contributed by atoms with Gasteiger partial charge < -0.3 is 9.47 Å². The number of thioether (sulfide) groups is 1. The van der Waals surface area contributed by atoms with E-state index in [2.05, 4.69) is 0 Å². The molecule has 26 heavy (non-hydrogen) atoms. The second-order valence-electron chi connectivity index (χ2n) is 5.23. The number of carbonyl (C=O) groups excluding carboxylic acids is 1. The highest BCUT2D eigenvalue weighted by Crippen LogP contribution is 2.40. The van der Waals surface area contributed by atoms with Gasteiger partial charge in [0, 0.05) is 15.6 Å². The highest BCUT2D eigenvalue weighted by atomic mass is 35.5. The Balaban J connectivity index is 2.00. The lowest BCUT2D eigenvalue weighted by Crippen LogP contribution is -2.27. The van der Waals surface area contributed by atoms with Crippen LogP contribution in [0.5, 0.6) is 11.5 Å². The van der Waals surface area contributed by atoms with Crippen LogP contribution < -0.4 is 14.4 Å². The van der Waals surface area contributed by atoms with Crippen LogP contribution in [0.2, 0.25) is 10.0 Å². The van der Waals surface area contributed by atoms with Crippen molar-refractivity contribution >= 4 is 69.2 Å². The maximum Gasteiger partial charge on any atom is 0.270 e. The van der Waals surface area contributed by atoms with Gasteiger partial charge in [0.25, 0.3) is 5.91 Å². The fourth-order valence-corrected chi connectivity index (χ4v) is 4.33. The third kappa shape index (κ3) is 3.69. The summed E-state index contributed by atoms with van der Waals surface area (Å²) in [4.78, 5) is 14.8. The molecule has 2 aromatic carbocycles. The van der Waals surface area contributed by atoms with Crippen molar-refractivity contribution in [2.24, 2.45) is 0 Å². The summed E-state index contributed by atoms with van der Waals surface area (Å²) in [5.74, 6) is 0.882. The van der Waals surface area contributed by atoms with E-state index in [0.29, 0.717) is 36.5 Å². The summed E-state index contributed by atoms with van der Waals surface area (Å²) in [6.45, 7) is 0. The minimum Gasteiger partial charge on any atom is -0.493 e. The predicted molar refractivity (Wildman–Crippen MR) is 112 cm³/mol. The lowest BCUT2D eigenvalue weighted by atomic mass is 10.1. The number of halogens is 2. The van der Waals surface area contributed by atoms with E-state index in [1.54, 1.807) is 44.6 Å². The molecule has 0 N–H and O–H groups in total. The number of methoxy groups -OCH3 is 2. The van der Waals surface area contributed by atoms with Crippen molar-refractivity contribution in [3.05, 3.63) is 56.9 Å². The van der Waals surface area contributed by atoms with Gasteiger partial charge in [-0.2, -0.15) is 0 Å². The van der Waals surface area contributed by atoms with Gasteiger partial charge in [-0.25, -0.2) is 0 Å². The van der Waals surface area contributed by atoms with Crippen LogP contribution in [0.4, 0.5) is 5.69 Å². The van der Waals surface area contributed by atoms with E-state index in [1.807, 2.05) is 12.1 Å². The van der Waals surface area contributed by atoms with Gasteiger partial charge in [-0.05, 0) is 30.3 Å². The molecule has 1 aliphatic heterocycles. The molecule has 0 saturated carbocycles. The second-order valence-corrected chi connectivity index (χ2v) is 7.78. The molecule has 0 aliphatic carbocycles. The highest BCUT2D eigenvalue weighted by molar-refractivity contribution is 8.27. The Morgan fingerprint density at radius 1 is 1.12 bits per heavy atom. The number of hydrogen-bond acceptors (Lipinski definition) is 5. The van der Waals surface area contributed by atoms with Crippen molar-refractivity contribution in [2.75, 3.05) is 19.1 Å². The maximum atomic E-state index is 12.9. The number of rotatable bonds is 4. The van der Waals surface area contributed by atoms with Crippen LogP contribution in [-0.2, 0) is 4.79 Å². The van der Waals surface area contributed by atoms with Gasteiger partial charge in [0.2, 0.25) is 0 Å². The smallest absolute Gasteiger partial charge is 0.270 e. The molecule has 3 rings (SSSR count). The van der Waals surface area contributed by atoms with Crippen molar-refractivity contribution in [3.63, 3.8) is 0 Å². The van der Waals surface area contributed by atoms with Crippen molar-refractivity contribution in [1.29, 1.82) is 0 Å². The molecule has 0 bridgehead atoms. The lowest BCUT2D eigenvalue weighted by Gasteiger charge is -2.15. The molecule has 0 radical (unpaired) electrons. The number of anilines is 1. The summed E-state index contributed by atoms with van der Waals surface area (Å²) < 4.78 is 11.1. The number of ether oxygens (including phenoxy) is 2. The first-order valence-electron chi connectivity index (χ1n) is 7.39. The van der Waals surface area contributed by atoms with Gasteiger partial charge in [0.05, 0.1) is 24.8 Å². The van der Waals surface area contributed by atoms with Gasteiger partial charge in [0.15, 0.2) is 15.8 Å². The van der Waals surface area contributed by atoms with E-state index in [-0.39, 0.29) is 5.91 Å². The molecule has 0 spiro atoms. The molecule has 134 valence electrons. The Morgan fingerprint density at radius 3 is 2.42 bits per heavy atom. The first-order chi connectivity index (χ1) is 12.4. The van der Waals surface area contributed by atoms with Crippen LogP contribution in [-0.4, -0.2) is 24.4 Å². The van der Waals surface area contributed by atoms with Crippen LogP contribution in [0.25, 0.3) is 6.08 Å². The molecule has 1 fully saturated rings. The van der Waals surface area contributed by atoms with Crippen molar-refractivity contribution in [3.8, 4) is 11.5 Å². The fraction of sp³-hybridized carbons (Fsp3) is 0.111. The second kappa shape index (κ2) is 7.88. The summed E-state index contributed by atoms with van der Waals surface area (Å²) in [7, 11) is 3.11. The summed E-state index contributed by atoms with van der Waals surface area (Å²) in [5, 5.41) is 0.861. The Labute approximate surface area is 170 Å². The van der Waals surface area contributed by atoms with Gasteiger partial charge in [-0.3, -0.25) is 9.69 Å². The number of para-hydroxylation sites is 1. The number of nitrogens with zero attached hydrogens (tertiary/aromatic N) is 1. The molecule has 4 nitrogen and oxygen atoms in total. The SMILES string of the molecule is COc1cccc(/C=C2\SC(=S)N(c3cc(Cl)cc(Cl)c3)C2=O)c1OC. The fourth-order valence-electron chi connectivity index (χ4n) is 2.53. The Morgan fingerprint density at radius 2 is 1.81 bits per heavy atom. The lowest BCUT2D eigenvalue weighted by molar-refractivity contribution is -0.113. The minimum absolute atomic E-state index is 0.247. The van der Waals surface area contributed by atoms with E-state index in [4.69, 9.17) is 44.9 Å².